The number of carbonyl (C=O) groups is 1. The van der Waals surface area contributed by atoms with Crippen molar-refractivity contribution in [3.63, 3.8) is 0 Å². The fourth-order valence-electron chi connectivity index (χ4n) is 4.69. The number of fused-ring (bicyclic) bond motifs is 3. The van der Waals surface area contributed by atoms with Crippen LogP contribution in [0.3, 0.4) is 0 Å². The number of esters is 1. The van der Waals surface area contributed by atoms with E-state index in [1.807, 2.05) is 18.2 Å². The number of ether oxygens (including phenoxy) is 6. The average molecular weight is 414 g/mol. The van der Waals surface area contributed by atoms with Gasteiger partial charge in [-0.25, -0.2) is 0 Å². The highest BCUT2D eigenvalue weighted by molar-refractivity contribution is 5.84. The Hall–Kier alpha value is -3.13. The van der Waals surface area contributed by atoms with Crippen molar-refractivity contribution in [2.24, 2.45) is 11.8 Å². The van der Waals surface area contributed by atoms with Crippen molar-refractivity contribution in [1.29, 1.82) is 0 Å². The molecule has 3 atom stereocenters. The van der Waals surface area contributed by atoms with Gasteiger partial charge in [0.15, 0.2) is 23.0 Å². The molecule has 2 aliphatic heterocycles. The first kappa shape index (κ1) is 18.9. The van der Waals surface area contributed by atoms with Crippen LogP contribution in [0.2, 0.25) is 0 Å². The third-order valence-electron chi connectivity index (χ3n) is 6.14. The SMILES string of the molecule is COc1cc(-c2c3c(cc4c2OCO4)[C@H](O)[C@H]2COC(=O)[C@@H]2C3)cc(OC)c1OC. The van der Waals surface area contributed by atoms with Crippen LogP contribution in [-0.4, -0.2) is 45.8 Å². The molecule has 8 heteroatoms. The van der Waals surface area contributed by atoms with Gasteiger partial charge in [0.1, 0.15) is 0 Å². The van der Waals surface area contributed by atoms with Gasteiger partial charge in [-0.15, -0.1) is 0 Å². The van der Waals surface area contributed by atoms with Crippen LogP contribution in [0.1, 0.15) is 17.2 Å². The first-order valence-electron chi connectivity index (χ1n) is 9.67. The highest BCUT2D eigenvalue weighted by Crippen LogP contribution is 2.54. The second-order valence-corrected chi connectivity index (χ2v) is 7.52. The number of methoxy groups -OCH3 is 3. The first-order valence-corrected chi connectivity index (χ1v) is 9.67. The third kappa shape index (κ3) is 2.60. The van der Waals surface area contributed by atoms with Crippen molar-refractivity contribution in [3.8, 4) is 39.9 Å². The monoisotopic (exact) mass is 414 g/mol. The molecule has 2 aromatic carbocycles. The standard InChI is InChI=1S/C22H22O8/c1-25-15-4-10(5-16(26-2)20(15)27-3)18-11-6-13-14(8-28-22(13)24)19(23)12(11)7-17-21(18)30-9-29-17/h4-5,7,13-14,19,23H,6,8-9H2,1-3H3/t13-,14+,19+/m1/s1. The number of rotatable bonds is 4. The first-order chi connectivity index (χ1) is 14.6. The average Bonchev–Trinajstić information content (AvgIpc) is 3.38. The molecule has 2 aromatic rings. The second-order valence-electron chi connectivity index (χ2n) is 7.52. The summed E-state index contributed by atoms with van der Waals surface area (Å²) in [6.45, 7) is 0.304. The van der Waals surface area contributed by atoms with Gasteiger partial charge in [-0.2, -0.15) is 0 Å². The van der Waals surface area contributed by atoms with Gasteiger partial charge in [0.05, 0.1) is 40.0 Å². The summed E-state index contributed by atoms with van der Waals surface area (Å²) in [7, 11) is 4.64. The van der Waals surface area contributed by atoms with E-state index in [1.54, 1.807) is 21.3 Å². The summed E-state index contributed by atoms with van der Waals surface area (Å²) in [4.78, 5) is 12.3. The van der Waals surface area contributed by atoms with Gasteiger partial charge in [0.2, 0.25) is 12.5 Å². The Labute approximate surface area is 173 Å². The lowest BCUT2D eigenvalue weighted by atomic mass is 9.73. The van der Waals surface area contributed by atoms with Gasteiger partial charge in [0, 0.05) is 11.5 Å². The molecule has 0 saturated carbocycles. The number of carbonyl (C=O) groups excluding carboxylic acids is 1. The molecule has 2 heterocycles. The maximum atomic E-state index is 12.3. The Balaban J connectivity index is 1.76. The normalized spacial score (nSPS) is 23.5. The lowest BCUT2D eigenvalue weighted by Gasteiger charge is -2.31. The molecular formula is C22H22O8. The highest BCUT2D eigenvalue weighted by atomic mass is 16.7. The van der Waals surface area contributed by atoms with E-state index in [0.29, 0.717) is 35.2 Å². The van der Waals surface area contributed by atoms with Crippen molar-refractivity contribution >= 4 is 5.97 Å². The second kappa shape index (κ2) is 6.98. The lowest BCUT2D eigenvalue weighted by Crippen LogP contribution is -2.30. The Morgan fingerprint density at radius 1 is 1.00 bits per heavy atom. The fourth-order valence-corrected chi connectivity index (χ4v) is 4.69. The van der Waals surface area contributed by atoms with Gasteiger partial charge in [0.25, 0.3) is 0 Å². The van der Waals surface area contributed by atoms with E-state index < -0.39 is 12.0 Å². The summed E-state index contributed by atoms with van der Waals surface area (Å²) in [5, 5.41) is 11.0. The fraction of sp³-hybridized carbons (Fsp3) is 0.409. The molecule has 30 heavy (non-hydrogen) atoms. The summed E-state index contributed by atoms with van der Waals surface area (Å²) in [6, 6.07) is 5.46. The quantitative estimate of drug-likeness (QED) is 0.763. The summed E-state index contributed by atoms with van der Waals surface area (Å²) in [5.41, 5.74) is 3.06. The lowest BCUT2D eigenvalue weighted by molar-refractivity contribution is -0.141. The van der Waals surface area contributed by atoms with Crippen LogP contribution >= 0.6 is 0 Å². The topological polar surface area (TPSA) is 92.7 Å². The Morgan fingerprint density at radius 2 is 1.73 bits per heavy atom. The summed E-state index contributed by atoms with van der Waals surface area (Å²) in [6.07, 6.45) is -0.390. The number of hydrogen-bond acceptors (Lipinski definition) is 8. The van der Waals surface area contributed by atoms with Crippen LogP contribution in [0.25, 0.3) is 11.1 Å². The molecule has 0 spiro atoms. The third-order valence-corrected chi connectivity index (χ3v) is 6.14. The smallest absolute Gasteiger partial charge is 0.309 e. The Kier molecular flexibility index (Phi) is 4.39. The van der Waals surface area contributed by atoms with Crippen LogP contribution in [-0.2, 0) is 16.0 Å². The number of aliphatic hydroxyl groups is 1. The van der Waals surface area contributed by atoms with Crippen LogP contribution < -0.4 is 23.7 Å². The summed E-state index contributed by atoms with van der Waals surface area (Å²) >= 11 is 0. The molecule has 1 aliphatic carbocycles. The predicted molar refractivity (Wildman–Crippen MR) is 104 cm³/mol. The summed E-state index contributed by atoms with van der Waals surface area (Å²) in [5.74, 6) is 1.64. The van der Waals surface area contributed by atoms with Crippen LogP contribution in [0.5, 0.6) is 28.7 Å². The minimum Gasteiger partial charge on any atom is -0.493 e. The van der Waals surface area contributed by atoms with Gasteiger partial charge in [-0.3, -0.25) is 4.79 Å². The molecule has 1 fully saturated rings. The van der Waals surface area contributed by atoms with Gasteiger partial charge in [-0.05, 0) is 41.3 Å². The van der Waals surface area contributed by atoms with E-state index in [4.69, 9.17) is 28.4 Å². The molecule has 0 unspecified atom stereocenters. The van der Waals surface area contributed by atoms with Crippen molar-refractivity contribution < 1.29 is 38.3 Å². The van der Waals surface area contributed by atoms with Gasteiger partial charge < -0.3 is 33.5 Å². The van der Waals surface area contributed by atoms with E-state index in [9.17, 15) is 9.90 Å². The maximum Gasteiger partial charge on any atom is 0.309 e. The maximum absolute atomic E-state index is 12.3. The van der Waals surface area contributed by atoms with Crippen molar-refractivity contribution in [3.05, 3.63) is 29.3 Å². The molecule has 0 amide bonds. The molecular weight excluding hydrogens is 392 g/mol. The number of benzene rings is 2. The van der Waals surface area contributed by atoms with E-state index in [2.05, 4.69) is 0 Å². The Morgan fingerprint density at radius 3 is 2.40 bits per heavy atom. The number of aliphatic hydroxyl groups excluding tert-OH is 1. The Bertz CT molecular complexity index is 1010. The molecule has 1 N–H and O–H groups in total. The molecule has 5 rings (SSSR count). The minimum atomic E-state index is -0.833. The van der Waals surface area contributed by atoms with Crippen molar-refractivity contribution in [2.75, 3.05) is 34.7 Å². The predicted octanol–water partition coefficient (Wildman–Crippen LogP) is 2.49. The number of cyclic esters (lactones) is 1. The largest absolute Gasteiger partial charge is 0.493 e. The molecule has 158 valence electrons. The molecule has 8 nitrogen and oxygen atoms in total. The van der Waals surface area contributed by atoms with Crippen molar-refractivity contribution in [2.45, 2.75) is 12.5 Å². The zero-order chi connectivity index (χ0) is 21.0. The number of hydrogen-bond donors (Lipinski definition) is 1. The molecule has 1 saturated heterocycles. The van der Waals surface area contributed by atoms with Gasteiger partial charge in [-0.1, -0.05) is 0 Å². The molecule has 0 radical (unpaired) electrons. The van der Waals surface area contributed by atoms with E-state index >= 15 is 0 Å². The van der Waals surface area contributed by atoms with Crippen LogP contribution in [0.4, 0.5) is 0 Å². The van der Waals surface area contributed by atoms with E-state index in [1.165, 1.54) is 0 Å². The van der Waals surface area contributed by atoms with Gasteiger partial charge >= 0.3 is 5.97 Å². The van der Waals surface area contributed by atoms with E-state index in [-0.39, 0.29) is 25.3 Å². The minimum absolute atomic E-state index is 0.0840. The summed E-state index contributed by atoms with van der Waals surface area (Å²) < 4.78 is 33.1. The van der Waals surface area contributed by atoms with E-state index in [0.717, 1.165) is 22.3 Å². The molecule has 0 aromatic heterocycles. The van der Waals surface area contributed by atoms with Crippen molar-refractivity contribution in [1.82, 2.24) is 0 Å². The van der Waals surface area contributed by atoms with Crippen LogP contribution in [0.15, 0.2) is 18.2 Å². The highest BCUT2D eigenvalue weighted by Gasteiger charge is 2.47. The molecule has 3 aliphatic rings. The zero-order valence-corrected chi connectivity index (χ0v) is 16.9. The zero-order valence-electron chi connectivity index (χ0n) is 16.9. The molecule has 0 bridgehead atoms. The van der Waals surface area contributed by atoms with Crippen LogP contribution in [0, 0.1) is 11.8 Å².